The number of benzene rings is 1. The summed E-state index contributed by atoms with van der Waals surface area (Å²) < 4.78 is 17.1. The molecule has 4 aliphatic rings. The zero-order chi connectivity index (χ0) is 27.2. The monoisotopic (exact) mass is 521 g/mol. The van der Waals surface area contributed by atoms with Crippen LogP contribution in [0.1, 0.15) is 64.0 Å². The molecule has 0 N–H and O–H groups in total. The van der Waals surface area contributed by atoms with Gasteiger partial charge in [0.1, 0.15) is 17.3 Å². The van der Waals surface area contributed by atoms with Gasteiger partial charge in [0.2, 0.25) is 0 Å². The van der Waals surface area contributed by atoms with E-state index in [1.54, 1.807) is 14.2 Å². The largest absolute Gasteiger partial charge is 0.497 e. The minimum atomic E-state index is -0.439. The Bertz CT molecular complexity index is 1240. The molecule has 8 heteroatoms. The molecule has 0 aliphatic carbocycles. The Morgan fingerprint density at radius 3 is 2.55 bits per heavy atom. The predicted octanol–water partition coefficient (Wildman–Crippen LogP) is 4.96. The van der Waals surface area contributed by atoms with Gasteiger partial charge < -0.3 is 24.0 Å². The molecule has 2 saturated heterocycles. The van der Waals surface area contributed by atoms with Crippen LogP contribution in [0.25, 0.3) is 0 Å². The van der Waals surface area contributed by atoms with Crippen LogP contribution in [-0.4, -0.2) is 72.6 Å². The quantitative estimate of drug-likeness (QED) is 0.560. The van der Waals surface area contributed by atoms with Crippen molar-refractivity contribution in [3.05, 3.63) is 58.0 Å². The van der Waals surface area contributed by atoms with Crippen LogP contribution in [0.3, 0.4) is 0 Å². The maximum atomic E-state index is 13.8. The van der Waals surface area contributed by atoms with E-state index in [1.807, 2.05) is 53.7 Å². The molecule has 4 aliphatic heterocycles. The van der Waals surface area contributed by atoms with Gasteiger partial charge in [-0.05, 0) is 51.3 Å². The number of carbonyl (C=O) groups excluding carboxylic acids is 2. The van der Waals surface area contributed by atoms with E-state index in [2.05, 4.69) is 13.0 Å². The van der Waals surface area contributed by atoms with E-state index in [0.717, 1.165) is 34.6 Å². The van der Waals surface area contributed by atoms with Crippen molar-refractivity contribution in [3.63, 3.8) is 0 Å². The first-order valence-electron chi connectivity index (χ1n) is 13.6. The van der Waals surface area contributed by atoms with E-state index in [-0.39, 0.29) is 17.9 Å². The Labute approximate surface area is 225 Å². The van der Waals surface area contributed by atoms with E-state index in [9.17, 15) is 9.59 Å². The van der Waals surface area contributed by atoms with E-state index >= 15 is 0 Å². The second-order valence-electron chi connectivity index (χ2n) is 10.7. The third-order valence-corrected chi connectivity index (χ3v) is 8.60. The first-order chi connectivity index (χ1) is 18.2. The van der Waals surface area contributed by atoms with Crippen LogP contribution in [0.4, 0.5) is 4.79 Å². The lowest BCUT2D eigenvalue weighted by Gasteiger charge is -2.44. The van der Waals surface area contributed by atoms with Gasteiger partial charge in [-0.25, -0.2) is 4.79 Å². The minimum absolute atomic E-state index is 0.00952. The molecule has 1 spiro atoms. The molecule has 1 aromatic rings. The Balaban J connectivity index is 1.47. The number of likely N-dealkylation sites (tertiary alicyclic amines) is 1. The molecule has 0 saturated carbocycles. The highest BCUT2D eigenvalue weighted by Crippen LogP contribution is 2.49. The van der Waals surface area contributed by atoms with Crippen molar-refractivity contribution >= 4 is 11.9 Å². The topological polar surface area (TPSA) is 71.6 Å². The van der Waals surface area contributed by atoms with Gasteiger partial charge in [-0.3, -0.25) is 9.69 Å². The highest BCUT2D eigenvalue weighted by atomic mass is 16.5. The van der Waals surface area contributed by atoms with Gasteiger partial charge in [0, 0.05) is 49.3 Å². The Morgan fingerprint density at radius 1 is 1.16 bits per heavy atom. The minimum Gasteiger partial charge on any atom is -0.497 e. The maximum absolute atomic E-state index is 13.8. The summed E-state index contributed by atoms with van der Waals surface area (Å²) in [6.45, 7) is 11.0. The van der Waals surface area contributed by atoms with Gasteiger partial charge in [-0.1, -0.05) is 18.6 Å². The van der Waals surface area contributed by atoms with Crippen LogP contribution >= 0.6 is 0 Å². The summed E-state index contributed by atoms with van der Waals surface area (Å²) in [6.07, 6.45) is 6.43. The first kappa shape index (κ1) is 26.2. The number of urea groups is 1. The van der Waals surface area contributed by atoms with Gasteiger partial charge in [0.25, 0.3) is 5.91 Å². The molecule has 8 nitrogen and oxygen atoms in total. The molecule has 4 heterocycles. The number of methoxy groups -OCH3 is 2. The molecular weight excluding hydrogens is 482 g/mol. The van der Waals surface area contributed by atoms with Crippen LogP contribution < -0.4 is 9.47 Å². The Kier molecular flexibility index (Phi) is 6.92. The summed E-state index contributed by atoms with van der Waals surface area (Å²) in [4.78, 5) is 33.3. The van der Waals surface area contributed by atoms with Crippen molar-refractivity contribution in [2.45, 2.75) is 65.0 Å². The molecule has 1 aromatic carbocycles. The lowest BCUT2D eigenvalue weighted by Crippen LogP contribution is -2.54. The lowest BCUT2D eigenvalue weighted by molar-refractivity contribution is -0.129. The smallest absolute Gasteiger partial charge is 0.325 e. The SMILES string of the molecule is CCN1C(=O)N2Cc3cc(OC)cc(OC)c3C(C)C=C2C12CCN(C(=O)C1=C(C)OCCC(C)=C1)CC2. The molecule has 3 amide bonds. The average Bonchev–Trinajstić information content (AvgIpc) is 3.06. The number of fused-ring (bicyclic) bond motifs is 3. The lowest BCUT2D eigenvalue weighted by atomic mass is 9.82. The number of rotatable bonds is 4. The number of likely N-dealkylation sites (N-methyl/N-ethyl adjacent to an activating group) is 1. The molecule has 204 valence electrons. The number of piperidine rings is 1. The summed E-state index contributed by atoms with van der Waals surface area (Å²) in [6, 6.07) is 3.95. The molecular formula is C30H39N3O5. The van der Waals surface area contributed by atoms with E-state index in [0.29, 0.717) is 62.7 Å². The standard InChI is InChI=1S/C30H39N3O5/c1-7-33-29(35)32-18-22-16-23(36-5)17-25(37-6)27(22)20(3)15-26(32)30(33)9-11-31(12-10-30)28(34)24-14-19(2)8-13-38-21(24)4/h14-17,20H,7-13,18H2,1-6H3. The zero-order valence-corrected chi connectivity index (χ0v) is 23.4. The summed E-state index contributed by atoms with van der Waals surface area (Å²) in [5.41, 5.74) is 4.53. The molecule has 0 bridgehead atoms. The Hall–Kier alpha value is -3.42. The van der Waals surface area contributed by atoms with Crippen molar-refractivity contribution in [1.82, 2.24) is 14.7 Å². The number of allylic oxidation sites excluding steroid dienone is 2. The number of ether oxygens (including phenoxy) is 3. The molecule has 5 rings (SSSR count). The molecule has 0 radical (unpaired) electrons. The van der Waals surface area contributed by atoms with Gasteiger partial charge in [0.05, 0.1) is 38.5 Å². The van der Waals surface area contributed by atoms with Crippen LogP contribution in [-0.2, 0) is 16.1 Å². The molecule has 38 heavy (non-hydrogen) atoms. The second kappa shape index (κ2) is 10.0. The predicted molar refractivity (Wildman–Crippen MR) is 145 cm³/mol. The van der Waals surface area contributed by atoms with Crippen molar-refractivity contribution in [2.75, 3.05) is 40.5 Å². The molecule has 2 fully saturated rings. The molecule has 0 aromatic heterocycles. The van der Waals surface area contributed by atoms with E-state index in [4.69, 9.17) is 14.2 Å². The normalized spacial score (nSPS) is 22.7. The van der Waals surface area contributed by atoms with Gasteiger partial charge >= 0.3 is 6.03 Å². The van der Waals surface area contributed by atoms with Crippen LogP contribution in [0, 0.1) is 0 Å². The molecule has 1 atom stereocenters. The van der Waals surface area contributed by atoms with Crippen molar-refractivity contribution in [3.8, 4) is 11.5 Å². The highest BCUT2D eigenvalue weighted by molar-refractivity contribution is 5.97. The zero-order valence-electron chi connectivity index (χ0n) is 23.4. The van der Waals surface area contributed by atoms with Crippen molar-refractivity contribution in [1.29, 1.82) is 0 Å². The third-order valence-electron chi connectivity index (χ3n) is 8.60. The van der Waals surface area contributed by atoms with Crippen molar-refractivity contribution in [2.24, 2.45) is 0 Å². The number of amides is 3. The Morgan fingerprint density at radius 2 is 1.89 bits per heavy atom. The van der Waals surface area contributed by atoms with Crippen LogP contribution in [0.2, 0.25) is 0 Å². The number of hydrogen-bond donors (Lipinski definition) is 0. The van der Waals surface area contributed by atoms with Gasteiger partial charge in [0.15, 0.2) is 0 Å². The summed E-state index contributed by atoms with van der Waals surface area (Å²) in [5.74, 6) is 2.24. The number of carbonyl (C=O) groups is 2. The fourth-order valence-corrected chi connectivity index (χ4v) is 6.59. The third kappa shape index (κ3) is 4.14. The van der Waals surface area contributed by atoms with Crippen LogP contribution in [0.5, 0.6) is 11.5 Å². The molecule has 1 unspecified atom stereocenters. The summed E-state index contributed by atoms with van der Waals surface area (Å²) in [7, 11) is 3.32. The van der Waals surface area contributed by atoms with Crippen LogP contribution in [0.15, 0.2) is 46.9 Å². The van der Waals surface area contributed by atoms with E-state index < -0.39 is 5.54 Å². The maximum Gasteiger partial charge on any atom is 0.325 e. The summed E-state index contributed by atoms with van der Waals surface area (Å²) in [5, 5.41) is 0. The van der Waals surface area contributed by atoms with Crippen molar-refractivity contribution < 1.29 is 23.8 Å². The fourth-order valence-electron chi connectivity index (χ4n) is 6.59. The first-order valence-corrected chi connectivity index (χ1v) is 13.6. The second-order valence-corrected chi connectivity index (χ2v) is 10.7. The van der Waals surface area contributed by atoms with Gasteiger partial charge in [-0.2, -0.15) is 0 Å². The highest BCUT2D eigenvalue weighted by Gasteiger charge is 2.55. The fraction of sp³-hybridized carbons (Fsp3) is 0.533. The average molecular weight is 522 g/mol. The number of nitrogens with zero attached hydrogens (tertiary/aromatic N) is 3. The number of hydrogen-bond acceptors (Lipinski definition) is 5. The van der Waals surface area contributed by atoms with Gasteiger partial charge in [-0.15, -0.1) is 0 Å². The summed E-state index contributed by atoms with van der Waals surface area (Å²) >= 11 is 0. The van der Waals surface area contributed by atoms with E-state index in [1.165, 1.54) is 0 Å².